The lowest BCUT2D eigenvalue weighted by molar-refractivity contribution is -0.143. The second-order valence-corrected chi connectivity index (χ2v) is 5.54. The fourth-order valence-electron chi connectivity index (χ4n) is 2.76. The Morgan fingerprint density at radius 2 is 1.86 bits per heavy atom. The SMILES string of the molecule is CCc1ccc(NC(=O)C2CCC(C(=O)O)CC2)cc1F. The molecule has 5 heteroatoms. The molecule has 4 nitrogen and oxygen atoms in total. The molecule has 0 aliphatic heterocycles. The quantitative estimate of drug-likeness (QED) is 0.895. The zero-order chi connectivity index (χ0) is 15.4. The van der Waals surface area contributed by atoms with Crippen molar-refractivity contribution < 1.29 is 19.1 Å². The van der Waals surface area contributed by atoms with E-state index in [4.69, 9.17) is 5.11 Å². The Morgan fingerprint density at radius 3 is 2.38 bits per heavy atom. The molecule has 0 heterocycles. The first-order valence-electron chi connectivity index (χ1n) is 7.33. The fraction of sp³-hybridized carbons (Fsp3) is 0.500. The molecule has 1 amide bonds. The van der Waals surface area contributed by atoms with Gasteiger partial charge in [0, 0.05) is 11.6 Å². The largest absolute Gasteiger partial charge is 0.481 e. The summed E-state index contributed by atoms with van der Waals surface area (Å²) < 4.78 is 13.7. The van der Waals surface area contributed by atoms with E-state index in [1.807, 2.05) is 6.92 Å². The third-order valence-corrected chi connectivity index (χ3v) is 4.15. The van der Waals surface area contributed by atoms with Crippen molar-refractivity contribution in [2.45, 2.75) is 39.0 Å². The molecule has 0 spiro atoms. The first-order chi connectivity index (χ1) is 10.0. The standard InChI is InChI=1S/C16H20FNO3/c1-2-10-7-8-13(9-14(10)17)18-15(19)11-3-5-12(6-4-11)16(20)21/h7-9,11-12H,2-6H2,1H3,(H,18,19)(H,20,21). The van der Waals surface area contributed by atoms with Crippen LogP contribution in [0.25, 0.3) is 0 Å². The van der Waals surface area contributed by atoms with Gasteiger partial charge in [0.2, 0.25) is 5.91 Å². The molecule has 0 atom stereocenters. The lowest BCUT2D eigenvalue weighted by Crippen LogP contribution is -2.29. The molecular weight excluding hydrogens is 273 g/mol. The molecule has 2 N–H and O–H groups in total. The Labute approximate surface area is 123 Å². The zero-order valence-corrected chi connectivity index (χ0v) is 12.1. The molecule has 1 aliphatic carbocycles. The molecule has 0 radical (unpaired) electrons. The molecule has 21 heavy (non-hydrogen) atoms. The Bertz CT molecular complexity index is 536. The minimum absolute atomic E-state index is 0.150. The van der Waals surface area contributed by atoms with Crippen molar-refractivity contribution in [1.82, 2.24) is 0 Å². The number of carboxylic acid groups (broad SMARTS) is 1. The second-order valence-electron chi connectivity index (χ2n) is 5.54. The maximum atomic E-state index is 13.7. The summed E-state index contributed by atoms with van der Waals surface area (Å²) in [5.41, 5.74) is 1.07. The highest BCUT2D eigenvalue weighted by Crippen LogP contribution is 2.30. The van der Waals surface area contributed by atoms with Gasteiger partial charge in [0.15, 0.2) is 0 Å². The van der Waals surface area contributed by atoms with Crippen molar-refractivity contribution in [3.05, 3.63) is 29.6 Å². The highest BCUT2D eigenvalue weighted by atomic mass is 19.1. The number of hydrogen-bond donors (Lipinski definition) is 2. The molecular formula is C16H20FNO3. The maximum absolute atomic E-state index is 13.7. The van der Waals surface area contributed by atoms with Crippen LogP contribution in [0, 0.1) is 17.7 Å². The average molecular weight is 293 g/mol. The third-order valence-electron chi connectivity index (χ3n) is 4.15. The molecule has 1 aromatic carbocycles. The number of aliphatic carboxylic acids is 1. The Hall–Kier alpha value is -1.91. The molecule has 1 aliphatic rings. The number of rotatable bonds is 4. The smallest absolute Gasteiger partial charge is 0.306 e. The van der Waals surface area contributed by atoms with Crippen LogP contribution in [-0.4, -0.2) is 17.0 Å². The summed E-state index contributed by atoms with van der Waals surface area (Å²) in [5, 5.41) is 11.7. The minimum atomic E-state index is -0.786. The lowest BCUT2D eigenvalue weighted by Gasteiger charge is -2.25. The minimum Gasteiger partial charge on any atom is -0.481 e. The summed E-state index contributed by atoms with van der Waals surface area (Å²) in [5.74, 6) is -1.77. The number of hydrogen-bond acceptors (Lipinski definition) is 2. The van der Waals surface area contributed by atoms with Gasteiger partial charge < -0.3 is 10.4 Å². The Balaban J connectivity index is 1.93. The number of amides is 1. The van der Waals surface area contributed by atoms with E-state index in [1.165, 1.54) is 6.07 Å². The van der Waals surface area contributed by atoms with E-state index >= 15 is 0 Å². The van der Waals surface area contributed by atoms with E-state index in [0.29, 0.717) is 43.4 Å². The van der Waals surface area contributed by atoms with E-state index < -0.39 is 5.97 Å². The molecule has 114 valence electrons. The first kappa shape index (κ1) is 15.5. The molecule has 1 saturated carbocycles. The predicted molar refractivity (Wildman–Crippen MR) is 77.5 cm³/mol. The van der Waals surface area contributed by atoms with Crippen LogP contribution in [0.4, 0.5) is 10.1 Å². The zero-order valence-electron chi connectivity index (χ0n) is 12.1. The van der Waals surface area contributed by atoms with Crippen LogP contribution in [0.2, 0.25) is 0 Å². The van der Waals surface area contributed by atoms with Crippen molar-refractivity contribution in [3.8, 4) is 0 Å². The molecule has 1 aromatic rings. The molecule has 2 rings (SSSR count). The number of aryl methyl sites for hydroxylation is 1. The second kappa shape index (κ2) is 6.70. The summed E-state index contributed by atoms with van der Waals surface area (Å²) >= 11 is 0. The number of carbonyl (C=O) groups excluding carboxylic acids is 1. The molecule has 1 fully saturated rings. The number of carbonyl (C=O) groups is 2. The molecule has 0 aromatic heterocycles. The maximum Gasteiger partial charge on any atom is 0.306 e. The van der Waals surface area contributed by atoms with Gasteiger partial charge in [-0.25, -0.2) is 4.39 Å². The van der Waals surface area contributed by atoms with Crippen molar-refractivity contribution in [3.63, 3.8) is 0 Å². The highest BCUT2D eigenvalue weighted by Gasteiger charge is 2.29. The summed E-state index contributed by atoms with van der Waals surface area (Å²) in [4.78, 5) is 23.0. The fourth-order valence-corrected chi connectivity index (χ4v) is 2.76. The highest BCUT2D eigenvalue weighted by molar-refractivity contribution is 5.92. The lowest BCUT2D eigenvalue weighted by atomic mass is 9.81. The van der Waals surface area contributed by atoms with Gasteiger partial charge in [-0.15, -0.1) is 0 Å². The van der Waals surface area contributed by atoms with Gasteiger partial charge in [0.05, 0.1) is 5.92 Å². The van der Waals surface area contributed by atoms with Crippen molar-refractivity contribution >= 4 is 17.6 Å². The van der Waals surface area contributed by atoms with Gasteiger partial charge in [0.1, 0.15) is 5.82 Å². The van der Waals surface area contributed by atoms with Crippen molar-refractivity contribution in [2.24, 2.45) is 11.8 Å². The van der Waals surface area contributed by atoms with E-state index in [-0.39, 0.29) is 23.6 Å². The normalized spacial score (nSPS) is 21.8. The van der Waals surface area contributed by atoms with Crippen LogP contribution in [0.5, 0.6) is 0 Å². The topological polar surface area (TPSA) is 66.4 Å². The van der Waals surface area contributed by atoms with Gasteiger partial charge in [-0.2, -0.15) is 0 Å². The summed E-state index contributed by atoms with van der Waals surface area (Å²) in [7, 11) is 0. The molecule has 0 unspecified atom stereocenters. The van der Waals surface area contributed by atoms with E-state index in [9.17, 15) is 14.0 Å². The summed E-state index contributed by atoms with van der Waals surface area (Å²) in [6, 6.07) is 4.70. The van der Waals surface area contributed by atoms with Gasteiger partial charge in [-0.3, -0.25) is 9.59 Å². The van der Waals surface area contributed by atoms with E-state index in [1.54, 1.807) is 12.1 Å². The van der Waals surface area contributed by atoms with E-state index in [2.05, 4.69) is 5.32 Å². The molecule has 0 saturated heterocycles. The number of anilines is 1. The third kappa shape index (κ3) is 3.80. The van der Waals surface area contributed by atoms with Gasteiger partial charge in [0.25, 0.3) is 0 Å². The summed E-state index contributed by atoms with van der Waals surface area (Å²) in [6.07, 6.45) is 2.79. The summed E-state index contributed by atoms with van der Waals surface area (Å²) in [6.45, 7) is 1.87. The van der Waals surface area contributed by atoms with Crippen molar-refractivity contribution in [2.75, 3.05) is 5.32 Å². The van der Waals surface area contributed by atoms with E-state index in [0.717, 1.165) is 0 Å². The first-order valence-corrected chi connectivity index (χ1v) is 7.33. The van der Waals surface area contributed by atoms with Gasteiger partial charge >= 0.3 is 5.97 Å². The number of carboxylic acids is 1. The Kier molecular flexibility index (Phi) is 4.94. The predicted octanol–water partition coefficient (Wildman–Crippen LogP) is 3.22. The van der Waals surface area contributed by atoms with Gasteiger partial charge in [-0.1, -0.05) is 13.0 Å². The number of nitrogens with one attached hydrogen (secondary N) is 1. The van der Waals surface area contributed by atoms with Crippen LogP contribution in [0.3, 0.4) is 0 Å². The van der Waals surface area contributed by atoms with Crippen LogP contribution in [0.15, 0.2) is 18.2 Å². The number of benzene rings is 1. The Morgan fingerprint density at radius 1 is 1.24 bits per heavy atom. The van der Waals surface area contributed by atoms with Crippen LogP contribution >= 0.6 is 0 Å². The van der Waals surface area contributed by atoms with Gasteiger partial charge in [-0.05, 0) is 49.8 Å². The number of halogens is 1. The monoisotopic (exact) mass is 293 g/mol. The average Bonchev–Trinajstić information content (AvgIpc) is 2.47. The van der Waals surface area contributed by atoms with Crippen LogP contribution in [0.1, 0.15) is 38.2 Å². The van der Waals surface area contributed by atoms with Crippen molar-refractivity contribution in [1.29, 1.82) is 0 Å². The van der Waals surface area contributed by atoms with Crippen LogP contribution in [-0.2, 0) is 16.0 Å². The van der Waals surface area contributed by atoms with Crippen LogP contribution < -0.4 is 5.32 Å². The molecule has 0 bridgehead atoms.